The molecule has 1 fully saturated rings. The zero-order valence-electron chi connectivity index (χ0n) is 14.0. The minimum Gasteiger partial charge on any atom is -0.458 e. The van der Waals surface area contributed by atoms with Crippen molar-refractivity contribution in [2.24, 2.45) is 5.92 Å². The van der Waals surface area contributed by atoms with Crippen molar-refractivity contribution in [1.29, 1.82) is 0 Å². The number of nitrogens with zero attached hydrogens (tertiary/aromatic N) is 1. The first-order valence-electron chi connectivity index (χ1n) is 8.49. The summed E-state index contributed by atoms with van der Waals surface area (Å²) in [5.41, 5.74) is 3.90. The highest BCUT2D eigenvalue weighted by Gasteiger charge is 2.41. The fourth-order valence-corrected chi connectivity index (χ4v) is 4.47. The van der Waals surface area contributed by atoms with Crippen molar-refractivity contribution in [2.45, 2.75) is 31.7 Å². The van der Waals surface area contributed by atoms with Crippen molar-refractivity contribution in [3.63, 3.8) is 0 Å². The van der Waals surface area contributed by atoms with Crippen LogP contribution < -0.4 is 0 Å². The molecule has 1 aromatic heterocycles. The topological polar surface area (TPSA) is 62.4 Å². The number of aromatic amines is 1. The normalized spacial score (nSPS) is 26.2. The van der Waals surface area contributed by atoms with E-state index in [1.54, 1.807) is 0 Å². The van der Waals surface area contributed by atoms with Crippen LogP contribution in [0.5, 0.6) is 0 Å². The molecule has 1 N–H and O–H groups in total. The van der Waals surface area contributed by atoms with E-state index in [-0.39, 0.29) is 18.3 Å². The predicted octanol–water partition coefficient (Wildman–Crippen LogP) is 2.26. The predicted molar refractivity (Wildman–Crippen MR) is 90.9 cm³/mol. The fraction of sp³-hybridized carbons (Fsp3) is 0.474. The number of carbonyl (C=O) groups excluding carboxylic acids is 2. The van der Waals surface area contributed by atoms with Crippen LogP contribution >= 0.6 is 0 Å². The molecular formula is C19H22N2O3. The number of ether oxygens (including phenoxy) is 1. The molecule has 5 nitrogen and oxygen atoms in total. The number of nitrogens with one attached hydrogen (secondary N) is 1. The van der Waals surface area contributed by atoms with Crippen LogP contribution in [0, 0.1) is 5.92 Å². The van der Waals surface area contributed by atoms with Crippen LogP contribution in [0.3, 0.4) is 0 Å². The zero-order valence-corrected chi connectivity index (χ0v) is 14.0. The van der Waals surface area contributed by atoms with Crippen LogP contribution in [0.2, 0.25) is 0 Å². The number of fused-ring (bicyclic) bond motifs is 2. The number of piperidine rings is 1. The number of H-pyrrole nitrogens is 1. The summed E-state index contributed by atoms with van der Waals surface area (Å²) in [5.74, 6) is -0.0966. The molecule has 2 aromatic rings. The van der Waals surface area contributed by atoms with E-state index < -0.39 is 5.97 Å². The molecule has 1 aliphatic carbocycles. The third-order valence-corrected chi connectivity index (χ3v) is 5.60. The molecular weight excluding hydrogens is 304 g/mol. The highest BCUT2D eigenvalue weighted by Crippen LogP contribution is 2.44. The van der Waals surface area contributed by atoms with Gasteiger partial charge in [0.1, 0.15) is 6.61 Å². The van der Waals surface area contributed by atoms with Gasteiger partial charge in [-0.05, 0) is 37.1 Å². The largest absolute Gasteiger partial charge is 0.458 e. The molecule has 1 aromatic carbocycles. The van der Waals surface area contributed by atoms with E-state index in [9.17, 15) is 9.59 Å². The van der Waals surface area contributed by atoms with Gasteiger partial charge in [-0.15, -0.1) is 0 Å². The molecule has 5 heteroatoms. The quantitative estimate of drug-likeness (QED) is 0.879. The molecule has 1 saturated heterocycles. The van der Waals surface area contributed by atoms with Crippen LogP contribution in [0.25, 0.3) is 10.9 Å². The first kappa shape index (κ1) is 15.4. The summed E-state index contributed by atoms with van der Waals surface area (Å²) in [4.78, 5) is 29.1. The monoisotopic (exact) mass is 326 g/mol. The number of rotatable bonds is 3. The molecule has 2 aliphatic rings. The van der Waals surface area contributed by atoms with Gasteiger partial charge in [0.15, 0.2) is 5.78 Å². The maximum Gasteiger partial charge on any atom is 0.303 e. The molecule has 0 saturated carbocycles. The minimum atomic E-state index is -0.398. The van der Waals surface area contributed by atoms with Crippen LogP contribution in [0.4, 0.5) is 0 Å². The summed E-state index contributed by atoms with van der Waals surface area (Å²) >= 11 is 0. The van der Waals surface area contributed by atoms with Crippen LogP contribution in [0.1, 0.15) is 30.4 Å². The number of ketones is 1. The Labute approximate surface area is 141 Å². The molecule has 3 atom stereocenters. The number of carbonyl (C=O) groups is 2. The van der Waals surface area contributed by atoms with Crippen molar-refractivity contribution in [2.75, 3.05) is 20.2 Å². The van der Waals surface area contributed by atoms with Gasteiger partial charge in [0.05, 0.1) is 0 Å². The van der Waals surface area contributed by atoms with Crippen molar-refractivity contribution < 1.29 is 14.3 Å². The van der Waals surface area contributed by atoms with E-state index in [1.165, 1.54) is 29.0 Å². The summed E-state index contributed by atoms with van der Waals surface area (Å²) in [7, 11) is 2.10. The van der Waals surface area contributed by atoms with Crippen LogP contribution in [-0.2, 0) is 20.7 Å². The van der Waals surface area contributed by atoms with Gasteiger partial charge in [0.25, 0.3) is 0 Å². The maximum atomic E-state index is 12.5. The Kier molecular flexibility index (Phi) is 3.68. The number of likely N-dealkylation sites (N-methyl/N-ethyl adjacent to an activating group) is 1. The summed E-state index contributed by atoms with van der Waals surface area (Å²) in [6.45, 7) is 1.97. The highest BCUT2D eigenvalue weighted by atomic mass is 16.5. The average molecular weight is 326 g/mol. The molecule has 0 spiro atoms. The minimum absolute atomic E-state index is 0.0301. The molecule has 1 aliphatic heterocycles. The fourth-order valence-electron chi connectivity index (χ4n) is 4.47. The van der Waals surface area contributed by atoms with Gasteiger partial charge >= 0.3 is 5.97 Å². The van der Waals surface area contributed by atoms with E-state index >= 15 is 0 Å². The summed E-state index contributed by atoms with van der Waals surface area (Å²) in [5, 5.41) is 1.33. The van der Waals surface area contributed by atoms with Gasteiger partial charge in [-0.3, -0.25) is 9.59 Å². The number of aromatic nitrogens is 1. The van der Waals surface area contributed by atoms with Gasteiger partial charge in [-0.2, -0.15) is 0 Å². The van der Waals surface area contributed by atoms with Gasteiger partial charge in [-0.25, -0.2) is 0 Å². The Morgan fingerprint density at radius 3 is 3.00 bits per heavy atom. The average Bonchev–Trinajstić information content (AvgIpc) is 2.98. The van der Waals surface area contributed by atoms with E-state index in [4.69, 9.17) is 4.74 Å². The molecule has 24 heavy (non-hydrogen) atoms. The first-order valence-corrected chi connectivity index (χ1v) is 8.49. The second kappa shape index (κ2) is 5.74. The Morgan fingerprint density at radius 2 is 2.21 bits per heavy atom. The van der Waals surface area contributed by atoms with Gasteiger partial charge in [0.2, 0.25) is 0 Å². The lowest BCUT2D eigenvalue weighted by atomic mass is 9.72. The molecule has 0 bridgehead atoms. The number of hydrogen-bond acceptors (Lipinski definition) is 4. The molecule has 2 heterocycles. The van der Waals surface area contributed by atoms with E-state index in [0.29, 0.717) is 12.0 Å². The second-order valence-corrected chi connectivity index (χ2v) is 7.08. The number of benzene rings is 1. The van der Waals surface area contributed by atoms with E-state index in [0.717, 1.165) is 19.4 Å². The number of likely N-dealkylation sites (tertiary alicyclic amines) is 1. The lowest BCUT2D eigenvalue weighted by Crippen LogP contribution is -2.50. The van der Waals surface area contributed by atoms with Crippen molar-refractivity contribution in [1.82, 2.24) is 9.88 Å². The summed E-state index contributed by atoms with van der Waals surface area (Å²) < 4.78 is 4.92. The van der Waals surface area contributed by atoms with Gasteiger partial charge < -0.3 is 14.6 Å². The third kappa shape index (κ3) is 2.44. The lowest BCUT2D eigenvalue weighted by molar-refractivity contribution is -0.147. The number of hydrogen-bond donors (Lipinski definition) is 1. The van der Waals surface area contributed by atoms with Crippen molar-refractivity contribution in [3.05, 3.63) is 35.5 Å². The van der Waals surface area contributed by atoms with Crippen molar-refractivity contribution in [3.8, 4) is 0 Å². The van der Waals surface area contributed by atoms with Crippen molar-refractivity contribution >= 4 is 22.7 Å². The van der Waals surface area contributed by atoms with Gasteiger partial charge in [-0.1, -0.05) is 12.1 Å². The number of Topliss-reactive ketones (excluding diaryl/α,β-unsaturated/α-hetero) is 1. The smallest absolute Gasteiger partial charge is 0.303 e. The van der Waals surface area contributed by atoms with Crippen LogP contribution in [0.15, 0.2) is 24.4 Å². The zero-order chi connectivity index (χ0) is 16.8. The van der Waals surface area contributed by atoms with Crippen LogP contribution in [-0.4, -0.2) is 47.9 Å². The molecule has 0 radical (unpaired) electrons. The summed E-state index contributed by atoms with van der Waals surface area (Å²) in [6, 6.07) is 6.82. The lowest BCUT2D eigenvalue weighted by Gasteiger charge is -2.45. The van der Waals surface area contributed by atoms with E-state index in [1.807, 2.05) is 0 Å². The molecule has 4 rings (SSSR count). The molecule has 0 amide bonds. The molecule has 1 unspecified atom stereocenters. The standard InChI is InChI=1S/C19H22N2O3/c1-11(22)24-10-18(23)13-6-15-14-4-3-5-16-19(14)12(8-20-16)7-17(15)21(2)9-13/h3-5,8,13,15,17,20H,6-7,9-10H2,1-2H3/t13?,15-,17-/m1/s1. The highest BCUT2D eigenvalue weighted by molar-refractivity contribution is 5.89. The van der Waals surface area contributed by atoms with E-state index in [2.05, 4.69) is 41.3 Å². The Bertz CT molecular complexity index is 810. The van der Waals surface area contributed by atoms with Gasteiger partial charge in [0, 0.05) is 48.4 Å². The maximum absolute atomic E-state index is 12.5. The molecule has 126 valence electrons. The second-order valence-electron chi connectivity index (χ2n) is 7.08. The Hall–Kier alpha value is -2.14. The number of esters is 1. The first-order chi connectivity index (χ1) is 11.5. The summed E-state index contributed by atoms with van der Waals surface area (Å²) in [6.07, 6.45) is 3.97. The SMILES string of the molecule is CC(=O)OCC(=O)C1C[C@@H]2c3cccc4[nH]cc(c34)C[C@H]2N(C)C1. The third-order valence-electron chi connectivity index (χ3n) is 5.60. The Balaban J connectivity index is 1.63. The Morgan fingerprint density at radius 1 is 1.38 bits per heavy atom.